The quantitative estimate of drug-likeness (QED) is 0.555. The van der Waals surface area contributed by atoms with Crippen LogP contribution in [0.4, 0.5) is 15.9 Å². The SMILES string of the molecule is CC(F)C(=O)N1CCN(c2ccc(-c3cc4nccnc4c(NCC4CNCCO4)n3)cc2)CC1. The number of hydrogen-bond donors (Lipinski definition) is 2. The van der Waals surface area contributed by atoms with Gasteiger partial charge in [0.2, 0.25) is 0 Å². The highest BCUT2D eigenvalue weighted by molar-refractivity contribution is 5.88. The van der Waals surface area contributed by atoms with Crippen LogP contribution in [0.25, 0.3) is 22.3 Å². The molecular weight excluding hydrogens is 449 g/mol. The summed E-state index contributed by atoms with van der Waals surface area (Å²) in [7, 11) is 0. The van der Waals surface area contributed by atoms with Gasteiger partial charge >= 0.3 is 0 Å². The second kappa shape index (κ2) is 10.5. The van der Waals surface area contributed by atoms with Crippen molar-refractivity contribution in [2.75, 3.05) is 62.6 Å². The summed E-state index contributed by atoms with van der Waals surface area (Å²) >= 11 is 0. The lowest BCUT2D eigenvalue weighted by Gasteiger charge is -2.36. The first-order valence-electron chi connectivity index (χ1n) is 12.0. The Kier molecular flexibility index (Phi) is 7.01. The molecule has 0 bridgehead atoms. The van der Waals surface area contributed by atoms with Crippen LogP contribution in [0.3, 0.4) is 0 Å². The molecule has 2 saturated heterocycles. The second-order valence-corrected chi connectivity index (χ2v) is 8.83. The van der Waals surface area contributed by atoms with Gasteiger partial charge in [-0.1, -0.05) is 12.1 Å². The maximum Gasteiger partial charge on any atom is 0.256 e. The second-order valence-electron chi connectivity index (χ2n) is 8.83. The Morgan fingerprint density at radius 2 is 1.97 bits per heavy atom. The highest BCUT2D eigenvalue weighted by Gasteiger charge is 2.24. The fraction of sp³-hybridized carbons (Fsp3) is 0.440. The Balaban J connectivity index is 1.31. The molecule has 1 amide bonds. The molecule has 4 heterocycles. The highest BCUT2D eigenvalue weighted by atomic mass is 19.1. The minimum atomic E-state index is -1.45. The molecule has 2 aliphatic heterocycles. The zero-order valence-corrected chi connectivity index (χ0v) is 19.8. The van der Waals surface area contributed by atoms with Crippen LogP contribution in [0.5, 0.6) is 0 Å². The van der Waals surface area contributed by atoms with Crippen LogP contribution in [0.2, 0.25) is 0 Å². The number of alkyl halides is 1. The van der Waals surface area contributed by atoms with Crippen LogP contribution in [0.1, 0.15) is 6.92 Å². The molecule has 0 spiro atoms. The summed E-state index contributed by atoms with van der Waals surface area (Å²) in [5, 5.41) is 6.74. The van der Waals surface area contributed by atoms with Crippen molar-refractivity contribution >= 4 is 28.4 Å². The van der Waals surface area contributed by atoms with Crippen LogP contribution >= 0.6 is 0 Å². The van der Waals surface area contributed by atoms with E-state index in [-0.39, 0.29) is 6.10 Å². The van der Waals surface area contributed by atoms with E-state index in [4.69, 9.17) is 9.72 Å². The molecule has 2 N–H and O–H groups in total. The van der Waals surface area contributed by atoms with Crippen molar-refractivity contribution in [3.8, 4) is 11.3 Å². The maximum absolute atomic E-state index is 13.3. The molecule has 0 aliphatic carbocycles. The average molecular weight is 480 g/mol. The minimum Gasteiger partial charge on any atom is -0.374 e. The number of amides is 1. The van der Waals surface area contributed by atoms with E-state index in [1.165, 1.54) is 6.92 Å². The number of fused-ring (bicyclic) bond motifs is 1. The average Bonchev–Trinajstić information content (AvgIpc) is 2.92. The Bertz CT molecular complexity index is 1160. The normalized spacial score (nSPS) is 19.5. The number of anilines is 2. The molecule has 184 valence electrons. The van der Waals surface area contributed by atoms with Crippen LogP contribution in [0, 0.1) is 0 Å². The lowest BCUT2D eigenvalue weighted by atomic mass is 10.1. The van der Waals surface area contributed by atoms with Crippen LogP contribution in [-0.4, -0.2) is 90.5 Å². The Morgan fingerprint density at radius 1 is 1.20 bits per heavy atom. The third-order valence-corrected chi connectivity index (χ3v) is 6.42. The van der Waals surface area contributed by atoms with Crippen molar-refractivity contribution in [3.05, 3.63) is 42.7 Å². The molecule has 2 unspecified atom stereocenters. The number of carbonyl (C=O) groups excluding carboxylic acids is 1. The Labute approximate surface area is 203 Å². The fourth-order valence-corrected chi connectivity index (χ4v) is 4.48. The van der Waals surface area contributed by atoms with Gasteiger partial charge < -0.3 is 25.2 Å². The number of carbonyl (C=O) groups is 1. The van der Waals surface area contributed by atoms with E-state index in [0.717, 1.165) is 41.1 Å². The highest BCUT2D eigenvalue weighted by Crippen LogP contribution is 2.27. The summed E-state index contributed by atoms with van der Waals surface area (Å²) in [6, 6.07) is 10.1. The molecular formula is C25H30FN7O2. The zero-order chi connectivity index (χ0) is 24.2. The van der Waals surface area contributed by atoms with Crippen LogP contribution in [-0.2, 0) is 9.53 Å². The predicted octanol–water partition coefficient (Wildman–Crippen LogP) is 2.10. The lowest BCUT2D eigenvalue weighted by molar-refractivity contribution is -0.136. The van der Waals surface area contributed by atoms with Gasteiger partial charge in [-0.3, -0.25) is 9.78 Å². The largest absolute Gasteiger partial charge is 0.374 e. The van der Waals surface area contributed by atoms with Crippen molar-refractivity contribution in [1.29, 1.82) is 0 Å². The first kappa shape index (κ1) is 23.4. The predicted molar refractivity (Wildman–Crippen MR) is 133 cm³/mol. The minimum absolute atomic E-state index is 0.0732. The number of nitrogens with one attached hydrogen (secondary N) is 2. The van der Waals surface area contributed by atoms with Gasteiger partial charge in [0.25, 0.3) is 5.91 Å². The van der Waals surface area contributed by atoms with Gasteiger partial charge in [0.05, 0.1) is 23.9 Å². The Hall–Kier alpha value is -3.37. The lowest BCUT2D eigenvalue weighted by Crippen LogP contribution is -2.50. The molecule has 9 nitrogen and oxygen atoms in total. The molecule has 3 aromatic rings. The zero-order valence-electron chi connectivity index (χ0n) is 19.8. The van der Waals surface area contributed by atoms with Crippen molar-refractivity contribution in [1.82, 2.24) is 25.2 Å². The van der Waals surface area contributed by atoms with E-state index in [1.54, 1.807) is 17.3 Å². The van der Waals surface area contributed by atoms with Gasteiger partial charge in [0.1, 0.15) is 5.52 Å². The first-order valence-corrected chi connectivity index (χ1v) is 12.0. The summed E-state index contributed by atoms with van der Waals surface area (Å²) < 4.78 is 19.1. The number of rotatable bonds is 6. The number of ether oxygens (including phenoxy) is 1. The number of halogens is 1. The maximum atomic E-state index is 13.3. The van der Waals surface area contributed by atoms with Gasteiger partial charge in [-0.05, 0) is 25.1 Å². The monoisotopic (exact) mass is 479 g/mol. The van der Waals surface area contributed by atoms with E-state index < -0.39 is 12.1 Å². The van der Waals surface area contributed by atoms with E-state index >= 15 is 0 Å². The van der Waals surface area contributed by atoms with Crippen molar-refractivity contribution in [2.45, 2.75) is 19.2 Å². The molecule has 0 saturated carbocycles. The summed E-state index contributed by atoms with van der Waals surface area (Å²) in [4.78, 5) is 29.5. The van der Waals surface area contributed by atoms with E-state index in [1.807, 2.05) is 18.2 Å². The van der Waals surface area contributed by atoms with Gasteiger partial charge in [-0.25, -0.2) is 14.4 Å². The van der Waals surface area contributed by atoms with Crippen LogP contribution < -0.4 is 15.5 Å². The molecule has 2 fully saturated rings. The van der Waals surface area contributed by atoms with Crippen LogP contribution in [0.15, 0.2) is 42.7 Å². The fourth-order valence-electron chi connectivity index (χ4n) is 4.48. The smallest absolute Gasteiger partial charge is 0.256 e. The number of piperazine rings is 1. The number of nitrogens with zero attached hydrogens (tertiary/aromatic N) is 5. The molecule has 5 rings (SSSR count). The number of morpholine rings is 1. The molecule has 2 atom stereocenters. The first-order chi connectivity index (χ1) is 17.1. The molecule has 35 heavy (non-hydrogen) atoms. The standard InChI is InChI=1S/C25H30FN7O2/c1-17(26)25(34)33-11-9-32(10-12-33)19-4-2-18(3-5-19)21-14-22-23(29-7-6-28-22)24(31-21)30-16-20-15-27-8-13-35-20/h2-7,14,17,20,27H,8-13,15-16H2,1H3,(H,30,31). The summed E-state index contributed by atoms with van der Waals surface area (Å²) in [6.45, 7) is 6.69. The van der Waals surface area contributed by atoms with E-state index in [0.29, 0.717) is 45.1 Å². The van der Waals surface area contributed by atoms with E-state index in [2.05, 4.69) is 37.6 Å². The number of hydrogen-bond acceptors (Lipinski definition) is 8. The number of aromatic nitrogens is 3. The van der Waals surface area contributed by atoms with Gasteiger partial charge in [0.15, 0.2) is 12.0 Å². The molecule has 1 aromatic carbocycles. The van der Waals surface area contributed by atoms with Gasteiger partial charge in [-0.2, -0.15) is 0 Å². The molecule has 2 aromatic heterocycles. The van der Waals surface area contributed by atoms with Crippen molar-refractivity contribution < 1.29 is 13.9 Å². The third kappa shape index (κ3) is 5.33. The van der Waals surface area contributed by atoms with Crippen molar-refractivity contribution in [2.24, 2.45) is 0 Å². The van der Waals surface area contributed by atoms with Gasteiger partial charge in [-0.15, -0.1) is 0 Å². The summed E-state index contributed by atoms with van der Waals surface area (Å²) in [5.74, 6) is 0.257. The molecule has 0 radical (unpaired) electrons. The number of pyridine rings is 1. The number of benzene rings is 1. The third-order valence-electron chi connectivity index (χ3n) is 6.42. The molecule has 10 heteroatoms. The summed E-state index contributed by atoms with van der Waals surface area (Å²) in [5.41, 5.74) is 4.35. The molecule has 2 aliphatic rings. The topological polar surface area (TPSA) is 95.5 Å². The summed E-state index contributed by atoms with van der Waals surface area (Å²) in [6.07, 6.45) is 1.97. The van der Waals surface area contributed by atoms with Gasteiger partial charge in [0, 0.05) is 69.5 Å². The van der Waals surface area contributed by atoms with Crippen molar-refractivity contribution in [3.63, 3.8) is 0 Å². The Morgan fingerprint density at radius 3 is 2.69 bits per heavy atom. The van der Waals surface area contributed by atoms with E-state index in [9.17, 15) is 9.18 Å².